The van der Waals surface area contributed by atoms with Crippen molar-refractivity contribution in [3.63, 3.8) is 0 Å². The molecule has 0 aliphatic carbocycles. The van der Waals surface area contributed by atoms with Crippen molar-refractivity contribution in [2.45, 2.75) is 20.8 Å². The molecule has 0 fully saturated rings. The summed E-state index contributed by atoms with van der Waals surface area (Å²) >= 11 is 1.31. The molecule has 6 heteroatoms. The average Bonchev–Trinajstić information content (AvgIpc) is 2.79. The number of thiophene rings is 1. The summed E-state index contributed by atoms with van der Waals surface area (Å²) in [7, 11) is 0. The van der Waals surface area contributed by atoms with Crippen molar-refractivity contribution in [3.8, 4) is 0 Å². The van der Waals surface area contributed by atoms with Crippen molar-refractivity contribution < 1.29 is 19.1 Å². The molecule has 0 radical (unpaired) electrons. The van der Waals surface area contributed by atoms with Gasteiger partial charge in [-0.3, -0.25) is 9.59 Å². The number of Topliss-reactive ketones (excluding diaryl/α,β-unsaturated/α-hetero) is 1. The zero-order valence-electron chi connectivity index (χ0n) is 13.1. The van der Waals surface area contributed by atoms with Gasteiger partial charge in [0.25, 0.3) is 0 Å². The van der Waals surface area contributed by atoms with Crippen LogP contribution in [-0.4, -0.2) is 24.3 Å². The normalized spacial score (nSPS) is 10.2. The highest BCUT2D eigenvalue weighted by atomic mass is 32.1. The second kappa shape index (κ2) is 7.19. The first kappa shape index (κ1) is 16.9. The minimum atomic E-state index is -0.611. The SMILES string of the molecule is CC(=O)Nc1sc(C)c(C)c1C(=O)OCC(=O)c1ccccc1. The maximum absolute atomic E-state index is 12.3. The van der Waals surface area contributed by atoms with Crippen molar-refractivity contribution in [2.75, 3.05) is 11.9 Å². The van der Waals surface area contributed by atoms with Gasteiger partial charge >= 0.3 is 5.97 Å². The van der Waals surface area contributed by atoms with Gasteiger partial charge < -0.3 is 10.1 Å². The third-order valence-corrected chi connectivity index (χ3v) is 4.43. The van der Waals surface area contributed by atoms with Crippen LogP contribution in [0.25, 0.3) is 0 Å². The summed E-state index contributed by atoms with van der Waals surface area (Å²) in [5, 5.41) is 3.08. The van der Waals surface area contributed by atoms with Crippen LogP contribution in [0.15, 0.2) is 30.3 Å². The Morgan fingerprint density at radius 3 is 2.39 bits per heavy atom. The number of hydrogen-bond donors (Lipinski definition) is 1. The van der Waals surface area contributed by atoms with Crippen LogP contribution in [0.1, 0.15) is 38.1 Å². The van der Waals surface area contributed by atoms with E-state index in [2.05, 4.69) is 5.32 Å². The number of carbonyl (C=O) groups is 3. The molecule has 1 aromatic carbocycles. The van der Waals surface area contributed by atoms with E-state index in [0.29, 0.717) is 16.1 Å². The van der Waals surface area contributed by atoms with Gasteiger partial charge in [-0.15, -0.1) is 11.3 Å². The lowest BCUT2D eigenvalue weighted by molar-refractivity contribution is -0.114. The second-order valence-electron chi connectivity index (χ2n) is 5.03. The smallest absolute Gasteiger partial charge is 0.341 e. The monoisotopic (exact) mass is 331 g/mol. The standard InChI is InChI=1S/C17H17NO4S/c1-10-11(2)23-16(18-12(3)19)15(10)17(21)22-9-14(20)13-7-5-4-6-8-13/h4-8H,9H2,1-3H3,(H,18,19). The topological polar surface area (TPSA) is 72.5 Å². The third-order valence-electron chi connectivity index (χ3n) is 3.31. The molecule has 1 heterocycles. The minimum absolute atomic E-state index is 0.263. The molecule has 120 valence electrons. The van der Waals surface area contributed by atoms with Gasteiger partial charge in [0.05, 0.1) is 5.56 Å². The van der Waals surface area contributed by atoms with Crippen LogP contribution in [0.5, 0.6) is 0 Å². The van der Waals surface area contributed by atoms with E-state index in [0.717, 1.165) is 10.4 Å². The van der Waals surface area contributed by atoms with E-state index in [1.807, 2.05) is 6.92 Å². The van der Waals surface area contributed by atoms with Crippen LogP contribution in [0, 0.1) is 13.8 Å². The van der Waals surface area contributed by atoms with Crippen LogP contribution < -0.4 is 5.32 Å². The van der Waals surface area contributed by atoms with E-state index < -0.39 is 5.97 Å². The van der Waals surface area contributed by atoms with Gasteiger partial charge in [-0.2, -0.15) is 0 Å². The molecule has 0 unspecified atom stereocenters. The number of anilines is 1. The number of nitrogens with one attached hydrogen (secondary N) is 1. The zero-order valence-corrected chi connectivity index (χ0v) is 14.0. The Labute approximate surface area is 138 Å². The fourth-order valence-electron chi connectivity index (χ4n) is 2.03. The highest BCUT2D eigenvalue weighted by molar-refractivity contribution is 7.16. The van der Waals surface area contributed by atoms with E-state index in [1.165, 1.54) is 18.3 Å². The fourth-order valence-corrected chi connectivity index (χ4v) is 3.13. The Kier molecular flexibility index (Phi) is 5.28. The van der Waals surface area contributed by atoms with Crippen LogP contribution in [0.3, 0.4) is 0 Å². The Hall–Kier alpha value is -2.47. The molecule has 0 aliphatic heterocycles. The molecule has 0 spiro atoms. The molecule has 1 amide bonds. The summed E-state index contributed by atoms with van der Waals surface area (Å²) in [5.41, 5.74) is 1.54. The Morgan fingerprint density at radius 1 is 1.13 bits per heavy atom. The lowest BCUT2D eigenvalue weighted by atomic mass is 10.1. The van der Waals surface area contributed by atoms with E-state index >= 15 is 0 Å². The maximum Gasteiger partial charge on any atom is 0.341 e. The van der Waals surface area contributed by atoms with Crippen molar-refractivity contribution >= 4 is 34.0 Å². The minimum Gasteiger partial charge on any atom is -0.454 e. The zero-order chi connectivity index (χ0) is 17.0. The molecule has 2 rings (SSSR count). The number of esters is 1. The number of carbonyl (C=O) groups excluding carboxylic acids is 3. The molecular weight excluding hydrogens is 314 g/mol. The molecule has 0 aliphatic rings. The molecule has 5 nitrogen and oxygen atoms in total. The first-order chi connectivity index (χ1) is 10.9. The predicted octanol–water partition coefficient (Wildman–Crippen LogP) is 3.36. The van der Waals surface area contributed by atoms with Gasteiger partial charge in [0, 0.05) is 17.4 Å². The fraction of sp³-hybridized carbons (Fsp3) is 0.235. The number of ketones is 1. The van der Waals surface area contributed by atoms with E-state index in [1.54, 1.807) is 37.3 Å². The second-order valence-corrected chi connectivity index (χ2v) is 6.26. The molecule has 1 aromatic heterocycles. The lowest BCUT2D eigenvalue weighted by Crippen LogP contribution is -2.16. The van der Waals surface area contributed by atoms with E-state index in [4.69, 9.17) is 4.74 Å². The predicted molar refractivity (Wildman–Crippen MR) is 89.2 cm³/mol. The number of amides is 1. The van der Waals surface area contributed by atoms with E-state index in [9.17, 15) is 14.4 Å². The average molecular weight is 331 g/mol. The number of rotatable bonds is 5. The Balaban J connectivity index is 2.12. The van der Waals surface area contributed by atoms with E-state index in [-0.39, 0.29) is 18.3 Å². The Bertz CT molecular complexity index is 749. The molecule has 0 atom stereocenters. The third kappa shape index (κ3) is 4.04. The van der Waals surface area contributed by atoms with Crippen LogP contribution in [0.4, 0.5) is 5.00 Å². The van der Waals surface area contributed by atoms with Gasteiger partial charge in [0.15, 0.2) is 12.4 Å². The number of aryl methyl sites for hydroxylation is 1. The summed E-state index contributed by atoms with van der Waals surface area (Å²) in [6, 6.07) is 8.63. The summed E-state index contributed by atoms with van der Waals surface area (Å²) in [4.78, 5) is 36.4. The maximum atomic E-state index is 12.3. The van der Waals surface area contributed by atoms with Crippen molar-refractivity contribution in [2.24, 2.45) is 0 Å². The Morgan fingerprint density at radius 2 is 1.78 bits per heavy atom. The first-order valence-electron chi connectivity index (χ1n) is 7.03. The van der Waals surface area contributed by atoms with Crippen molar-refractivity contribution in [1.29, 1.82) is 0 Å². The van der Waals surface area contributed by atoms with Gasteiger partial charge in [-0.05, 0) is 19.4 Å². The summed E-state index contributed by atoms with van der Waals surface area (Å²) in [6.45, 7) is 4.68. The first-order valence-corrected chi connectivity index (χ1v) is 7.84. The van der Waals surface area contributed by atoms with Crippen LogP contribution >= 0.6 is 11.3 Å². The highest BCUT2D eigenvalue weighted by Crippen LogP contribution is 2.33. The number of benzene rings is 1. The van der Waals surface area contributed by atoms with Gasteiger partial charge in [-0.25, -0.2) is 4.79 Å². The van der Waals surface area contributed by atoms with Crippen molar-refractivity contribution in [3.05, 3.63) is 51.9 Å². The van der Waals surface area contributed by atoms with Gasteiger partial charge in [-0.1, -0.05) is 30.3 Å². The number of hydrogen-bond acceptors (Lipinski definition) is 5. The molecule has 23 heavy (non-hydrogen) atoms. The van der Waals surface area contributed by atoms with Gasteiger partial charge in [0.1, 0.15) is 5.00 Å². The lowest BCUT2D eigenvalue weighted by Gasteiger charge is -2.07. The molecule has 0 saturated carbocycles. The molecule has 0 saturated heterocycles. The highest BCUT2D eigenvalue weighted by Gasteiger charge is 2.22. The summed E-state index contributed by atoms with van der Waals surface area (Å²) in [5.74, 6) is -1.15. The van der Waals surface area contributed by atoms with Gasteiger partial charge in [0.2, 0.25) is 5.91 Å². The molecular formula is C17H17NO4S. The summed E-state index contributed by atoms with van der Waals surface area (Å²) in [6.07, 6.45) is 0. The largest absolute Gasteiger partial charge is 0.454 e. The molecule has 2 aromatic rings. The van der Waals surface area contributed by atoms with Crippen LogP contribution in [-0.2, 0) is 9.53 Å². The summed E-state index contributed by atoms with van der Waals surface area (Å²) < 4.78 is 5.13. The van der Waals surface area contributed by atoms with Crippen molar-refractivity contribution in [1.82, 2.24) is 0 Å². The molecule has 1 N–H and O–H groups in total. The number of ether oxygens (including phenoxy) is 1. The van der Waals surface area contributed by atoms with Crippen LogP contribution in [0.2, 0.25) is 0 Å². The molecule has 0 bridgehead atoms. The quantitative estimate of drug-likeness (QED) is 0.673.